The summed E-state index contributed by atoms with van der Waals surface area (Å²) in [6.07, 6.45) is 1.68. The highest BCUT2D eigenvalue weighted by molar-refractivity contribution is 7.20. The summed E-state index contributed by atoms with van der Waals surface area (Å²) >= 11 is 1.18. The van der Waals surface area contributed by atoms with E-state index in [1.807, 2.05) is 26.0 Å². The first-order chi connectivity index (χ1) is 14.8. The number of benzene rings is 1. The van der Waals surface area contributed by atoms with Gasteiger partial charge in [0, 0.05) is 30.0 Å². The van der Waals surface area contributed by atoms with Gasteiger partial charge in [0.25, 0.3) is 5.56 Å². The number of thiophene rings is 1. The van der Waals surface area contributed by atoms with Crippen LogP contribution in [0.2, 0.25) is 0 Å². The van der Waals surface area contributed by atoms with E-state index in [9.17, 15) is 14.4 Å². The van der Waals surface area contributed by atoms with Crippen molar-refractivity contribution in [1.82, 2.24) is 9.55 Å². The quantitative estimate of drug-likeness (QED) is 0.358. The topological polar surface area (TPSA) is 91.4 Å². The molecule has 0 saturated carbocycles. The molecular formula is C23H20N2O5S. The Bertz CT molecular complexity index is 1510. The smallest absolute Gasteiger partial charge is 0.349 e. The van der Waals surface area contributed by atoms with Crippen molar-refractivity contribution in [2.24, 2.45) is 0 Å². The third kappa shape index (κ3) is 3.18. The lowest BCUT2D eigenvalue weighted by Gasteiger charge is -2.09. The van der Waals surface area contributed by atoms with Gasteiger partial charge in [-0.15, -0.1) is 11.3 Å². The zero-order valence-electron chi connectivity index (χ0n) is 17.4. The van der Waals surface area contributed by atoms with E-state index in [1.54, 1.807) is 11.5 Å². The molecule has 0 N–H and O–H groups in total. The third-order valence-corrected chi connectivity index (χ3v) is 7.07. The Kier molecular flexibility index (Phi) is 4.55. The summed E-state index contributed by atoms with van der Waals surface area (Å²) in [5.74, 6) is 0.238. The van der Waals surface area contributed by atoms with E-state index in [2.05, 4.69) is 4.98 Å². The second-order valence-corrected chi connectivity index (χ2v) is 8.92. The zero-order chi connectivity index (χ0) is 21.9. The van der Waals surface area contributed by atoms with Crippen LogP contribution in [0.25, 0.3) is 21.2 Å². The fourth-order valence-electron chi connectivity index (χ4n) is 4.08. The Morgan fingerprint density at radius 3 is 2.77 bits per heavy atom. The Balaban J connectivity index is 1.49. The highest BCUT2D eigenvalue weighted by Gasteiger charge is 2.24. The number of aromatic nitrogens is 2. The molecule has 4 heterocycles. The first-order valence-electron chi connectivity index (χ1n) is 10.1. The van der Waals surface area contributed by atoms with Crippen molar-refractivity contribution in [3.63, 3.8) is 0 Å². The number of esters is 1. The Labute approximate surface area is 180 Å². The molecule has 5 rings (SSSR count). The molecule has 1 aliphatic heterocycles. The maximum Gasteiger partial charge on any atom is 0.349 e. The monoisotopic (exact) mass is 436 g/mol. The molecule has 0 bridgehead atoms. The van der Waals surface area contributed by atoms with E-state index in [1.165, 1.54) is 17.4 Å². The number of hydrogen-bond donors (Lipinski definition) is 0. The molecule has 158 valence electrons. The minimum absolute atomic E-state index is 0.0694. The maximum atomic E-state index is 12.9. The number of aryl methyl sites for hydroxylation is 4. The average molecular weight is 436 g/mol. The first kappa shape index (κ1) is 19.7. The average Bonchev–Trinajstić information content (AvgIpc) is 3.32. The molecule has 0 radical (unpaired) electrons. The van der Waals surface area contributed by atoms with E-state index < -0.39 is 11.6 Å². The molecular weight excluding hydrogens is 416 g/mol. The highest BCUT2D eigenvalue weighted by atomic mass is 32.1. The fraction of sp³-hybridized carbons (Fsp3) is 0.304. The molecule has 4 aromatic rings. The highest BCUT2D eigenvalue weighted by Crippen LogP contribution is 2.30. The SMILES string of the molecule is Cc1cc2oc(=O)cc(COC(=O)c3sc4nc5n(c(=O)c4c3C)CCC5)c2cc1C. The molecule has 1 aromatic carbocycles. The van der Waals surface area contributed by atoms with E-state index >= 15 is 0 Å². The van der Waals surface area contributed by atoms with Gasteiger partial charge in [-0.3, -0.25) is 9.36 Å². The van der Waals surface area contributed by atoms with Gasteiger partial charge in [-0.05, 0) is 56.0 Å². The number of fused-ring (bicyclic) bond motifs is 3. The summed E-state index contributed by atoms with van der Waals surface area (Å²) in [4.78, 5) is 43.2. The van der Waals surface area contributed by atoms with Crippen LogP contribution in [0.3, 0.4) is 0 Å². The lowest BCUT2D eigenvalue weighted by Crippen LogP contribution is -2.20. The largest absolute Gasteiger partial charge is 0.457 e. The number of nitrogens with zero attached hydrogens (tertiary/aromatic N) is 2. The van der Waals surface area contributed by atoms with E-state index in [4.69, 9.17) is 9.15 Å². The van der Waals surface area contributed by atoms with Crippen molar-refractivity contribution >= 4 is 38.5 Å². The minimum atomic E-state index is -0.532. The molecule has 0 atom stereocenters. The van der Waals surface area contributed by atoms with Crippen LogP contribution < -0.4 is 11.2 Å². The van der Waals surface area contributed by atoms with Gasteiger partial charge in [0.05, 0.1) is 5.39 Å². The van der Waals surface area contributed by atoms with Crippen molar-refractivity contribution in [3.05, 3.63) is 71.9 Å². The summed E-state index contributed by atoms with van der Waals surface area (Å²) in [6, 6.07) is 5.08. The van der Waals surface area contributed by atoms with Crippen molar-refractivity contribution in [2.75, 3.05) is 0 Å². The molecule has 31 heavy (non-hydrogen) atoms. The fourth-order valence-corrected chi connectivity index (χ4v) is 5.17. The van der Waals surface area contributed by atoms with Gasteiger partial charge in [0.15, 0.2) is 0 Å². The van der Waals surface area contributed by atoms with Gasteiger partial charge in [0.1, 0.15) is 27.7 Å². The van der Waals surface area contributed by atoms with Crippen LogP contribution in [0.15, 0.2) is 32.2 Å². The number of ether oxygens (including phenoxy) is 1. The summed E-state index contributed by atoms with van der Waals surface area (Å²) < 4.78 is 12.5. The second-order valence-electron chi connectivity index (χ2n) is 7.92. The van der Waals surface area contributed by atoms with Crippen LogP contribution in [0.1, 0.15) is 44.2 Å². The van der Waals surface area contributed by atoms with Crippen LogP contribution in [-0.2, 0) is 24.3 Å². The molecule has 7 nitrogen and oxygen atoms in total. The number of rotatable bonds is 3. The normalized spacial score (nSPS) is 13.1. The first-order valence-corrected chi connectivity index (χ1v) is 10.9. The second kappa shape index (κ2) is 7.16. The lowest BCUT2D eigenvalue weighted by atomic mass is 10.0. The van der Waals surface area contributed by atoms with Crippen molar-refractivity contribution in [2.45, 2.75) is 46.8 Å². The van der Waals surface area contributed by atoms with Gasteiger partial charge < -0.3 is 9.15 Å². The van der Waals surface area contributed by atoms with Crippen LogP contribution in [0.4, 0.5) is 0 Å². The molecule has 3 aromatic heterocycles. The molecule has 0 unspecified atom stereocenters. The summed E-state index contributed by atoms with van der Waals surface area (Å²) in [5.41, 5.74) is 3.11. The Morgan fingerprint density at radius 2 is 1.97 bits per heavy atom. The van der Waals surface area contributed by atoms with E-state index in [-0.39, 0.29) is 12.2 Å². The predicted molar refractivity (Wildman–Crippen MR) is 118 cm³/mol. The molecule has 0 saturated heterocycles. The zero-order valence-corrected chi connectivity index (χ0v) is 18.2. The van der Waals surface area contributed by atoms with Crippen LogP contribution in [-0.4, -0.2) is 15.5 Å². The molecule has 1 aliphatic rings. The van der Waals surface area contributed by atoms with Crippen LogP contribution in [0.5, 0.6) is 0 Å². The van der Waals surface area contributed by atoms with Crippen LogP contribution >= 0.6 is 11.3 Å². The summed E-state index contributed by atoms with van der Waals surface area (Å²) in [5, 5.41) is 1.22. The van der Waals surface area contributed by atoms with Crippen molar-refractivity contribution < 1.29 is 13.9 Å². The molecule has 8 heteroatoms. The maximum absolute atomic E-state index is 12.9. The van der Waals surface area contributed by atoms with Gasteiger partial charge in [-0.1, -0.05) is 0 Å². The van der Waals surface area contributed by atoms with Crippen molar-refractivity contribution in [1.29, 1.82) is 0 Å². The summed E-state index contributed by atoms with van der Waals surface area (Å²) in [7, 11) is 0. The number of carbonyl (C=O) groups is 1. The van der Waals surface area contributed by atoms with Gasteiger partial charge in [-0.25, -0.2) is 14.6 Å². The van der Waals surface area contributed by atoms with Gasteiger partial charge in [-0.2, -0.15) is 0 Å². The molecule has 0 spiro atoms. The standard InChI is InChI=1S/C23H20N2O5S/c1-11-7-15-14(9-18(26)30-16(15)8-12(11)2)10-29-23(28)20-13(3)19-21(31-20)24-17-5-4-6-25(17)22(19)27/h7-9H,4-6,10H2,1-3H3. The molecule has 0 aliphatic carbocycles. The van der Waals surface area contributed by atoms with Gasteiger partial charge in [0.2, 0.25) is 0 Å². The molecule has 0 amide bonds. The van der Waals surface area contributed by atoms with Crippen molar-refractivity contribution in [3.8, 4) is 0 Å². The Morgan fingerprint density at radius 1 is 1.19 bits per heavy atom. The molecule has 0 fully saturated rings. The number of carbonyl (C=O) groups excluding carboxylic acids is 1. The number of hydrogen-bond acceptors (Lipinski definition) is 7. The Hall–Kier alpha value is -3.26. The van der Waals surface area contributed by atoms with Gasteiger partial charge >= 0.3 is 11.6 Å². The van der Waals surface area contributed by atoms with E-state index in [0.717, 1.165) is 35.2 Å². The summed E-state index contributed by atoms with van der Waals surface area (Å²) in [6.45, 7) is 6.26. The third-order valence-electron chi connectivity index (χ3n) is 5.90. The van der Waals surface area contributed by atoms with E-state index in [0.29, 0.717) is 38.3 Å². The lowest BCUT2D eigenvalue weighted by molar-refractivity contribution is 0.0479. The predicted octanol–water partition coefficient (Wildman–Crippen LogP) is 3.79. The minimum Gasteiger partial charge on any atom is -0.457 e. The van der Waals surface area contributed by atoms with Crippen LogP contribution in [0, 0.1) is 20.8 Å².